The highest BCUT2D eigenvalue weighted by molar-refractivity contribution is 14.1. The van der Waals surface area contributed by atoms with Gasteiger partial charge in [-0.2, -0.15) is 0 Å². The van der Waals surface area contributed by atoms with Gasteiger partial charge in [0.1, 0.15) is 18.5 Å². The van der Waals surface area contributed by atoms with Gasteiger partial charge in [0.15, 0.2) is 29.3 Å². The topological polar surface area (TPSA) is 164 Å². The molecule has 5 N–H and O–H groups in total. The number of nitrogens with zero attached hydrogens (tertiary/aromatic N) is 4. The van der Waals surface area contributed by atoms with E-state index in [0.29, 0.717) is 35.5 Å². The van der Waals surface area contributed by atoms with Crippen LogP contribution in [-0.4, -0.2) is 73.5 Å². The van der Waals surface area contributed by atoms with E-state index in [0.717, 1.165) is 18.4 Å². The molecular formula is C26H25I2N7O5. The Hall–Kier alpha value is -2.93. The molecule has 0 bridgehead atoms. The lowest BCUT2D eigenvalue weighted by atomic mass is 10.1. The summed E-state index contributed by atoms with van der Waals surface area (Å²) in [5.41, 5.74) is 3.25. The second-order valence-electron chi connectivity index (χ2n) is 9.07. The first-order valence-corrected chi connectivity index (χ1v) is 14.4. The molecule has 208 valence electrons. The minimum absolute atomic E-state index is 0.101. The molecule has 2 aromatic carbocycles. The van der Waals surface area contributed by atoms with Gasteiger partial charge in [0.25, 0.3) is 11.8 Å². The molecule has 2 aromatic heterocycles. The van der Waals surface area contributed by atoms with Crippen LogP contribution in [0.1, 0.15) is 22.1 Å². The Morgan fingerprint density at radius 1 is 1.02 bits per heavy atom. The summed E-state index contributed by atoms with van der Waals surface area (Å²) < 4.78 is 9.15. The number of fused-ring (bicyclic) bond motifs is 1. The van der Waals surface area contributed by atoms with Crippen molar-refractivity contribution in [3.8, 4) is 0 Å². The summed E-state index contributed by atoms with van der Waals surface area (Å²) >= 11 is 4.40. The molecule has 1 saturated heterocycles. The molecule has 4 aromatic rings. The van der Waals surface area contributed by atoms with Gasteiger partial charge >= 0.3 is 0 Å². The minimum atomic E-state index is -1.40. The van der Waals surface area contributed by atoms with Crippen LogP contribution in [0.5, 0.6) is 0 Å². The number of ether oxygens (including phenoxy) is 1. The third-order valence-corrected chi connectivity index (χ3v) is 7.66. The van der Waals surface area contributed by atoms with Gasteiger partial charge < -0.3 is 30.9 Å². The van der Waals surface area contributed by atoms with Crippen molar-refractivity contribution in [2.24, 2.45) is 0 Å². The highest BCUT2D eigenvalue weighted by Crippen LogP contribution is 2.33. The molecule has 3 heterocycles. The molecular weight excluding hydrogens is 744 g/mol. The quantitative estimate of drug-likeness (QED) is 0.169. The maximum atomic E-state index is 12.5. The highest BCUT2D eigenvalue weighted by Gasteiger charge is 2.47. The molecule has 0 radical (unpaired) electrons. The molecule has 4 atom stereocenters. The number of carbonyl (C=O) groups excluding carboxylic acids is 2. The van der Waals surface area contributed by atoms with Crippen LogP contribution < -0.4 is 16.0 Å². The molecule has 0 spiro atoms. The number of rotatable bonds is 8. The molecule has 12 nitrogen and oxygen atoms in total. The van der Waals surface area contributed by atoms with Crippen molar-refractivity contribution in [3.05, 3.63) is 73.4 Å². The number of aromatic nitrogens is 4. The molecule has 2 unspecified atom stereocenters. The van der Waals surface area contributed by atoms with Gasteiger partial charge in [0.2, 0.25) is 0 Å². The summed E-state index contributed by atoms with van der Waals surface area (Å²) in [5.74, 6) is -0.204. The van der Waals surface area contributed by atoms with E-state index in [-0.39, 0.29) is 5.91 Å². The second kappa shape index (κ2) is 12.3. The number of nitrogens with one attached hydrogen (secondary N) is 3. The van der Waals surface area contributed by atoms with Gasteiger partial charge in [-0.05, 0) is 87.5 Å². The number of likely N-dealkylation sites (N-methyl/N-ethyl adjacent to an activating group) is 1. The molecule has 40 heavy (non-hydrogen) atoms. The van der Waals surface area contributed by atoms with Crippen molar-refractivity contribution in [1.82, 2.24) is 30.2 Å². The number of halogens is 2. The number of anilines is 2. The Balaban J connectivity index is 1.23. The van der Waals surface area contributed by atoms with Crippen molar-refractivity contribution >= 4 is 79.7 Å². The van der Waals surface area contributed by atoms with Crippen LogP contribution in [0.25, 0.3) is 11.2 Å². The maximum absolute atomic E-state index is 12.5. The second-order valence-corrected chi connectivity index (χ2v) is 11.6. The zero-order chi connectivity index (χ0) is 28.4. The third kappa shape index (κ3) is 6.04. The van der Waals surface area contributed by atoms with E-state index in [4.69, 9.17) is 4.74 Å². The van der Waals surface area contributed by atoms with Crippen molar-refractivity contribution in [2.45, 2.75) is 31.0 Å². The largest absolute Gasteiger partial charge is 0.387 e. The Morgan fingerprint density at radius 3 is 2.45 bits per heavy atom. The Bertz CT molecular complexity index is 1530. The predicted molar refractivity (Wildman–Crippen MR) is 163 cm³/mol. The van der Waals surface area contributed by atoms with Crippen molar-refractivity contribution in [1.29, 1.82) is 0 Å². The van der Waals surface area contributed by atoms with Crippen LogP contribution in [0.4, 0.5) is 11.5 Å². The number of hydrogen-bond acceptors (Lipinski definition) is 9. The molecule has 2 amide bonds. The summed E-state index contributed by atoms with van der Waals surface area (Å²) in [5, 5.41) is 29.4. The molecule has 1 aliphatic heterocycles. The summed E-state index contributed by atoms with van der Waals surface area (Å²) in [6, 6.07) is 13.5. The lowest BCUT2D eigenvalue weighted by Gasteiger charge is -2.16. The lowest BCUT2D eigenvalue weighted by molar-refractivity contribution is -0.137. The van der Waals surface area contributed by atoms with E-state index < -0.39 is 30.4 Å². The number of aliphatic hydroxyl groups is 2. The van der Waals surface area contributed by atoms with Gasteiger partial charge in [-0.3, -0.25) is 14.2 Å². The zero-order valence-electron chi connectivity index (χ0n) is 21.1. The number of aliphatic hydroxyl groups excluding tert-OH is 2. The highest BCUT2D eigenvalue weighted by atomic mass is 127. The SMILES string of the molecule is CNC(=O)[C@H]1O[C@@H](n2cnc3c(Nc4ccc(CCNC(=O)c5cc(I)cc(I)c5)cc4)ncnc32)C(O)C1O. The first-order chi connectivity index (χ1) is 19.2. The van der Waals surface area contributed by atoms with E-state index in [9.17, 15) is 19.8 Å². The fourth-order valence-electron chi connectivity index (χ4n) is 4.38. The minimum Gasteiger partial charge on any atom is -0.387 e. The Labute approximate surface area is 256 Å². The fourth-order valence-corrected chi connectivity index (χ4v) is 6.31. The zero-order valence-corrected chi connectivity index (χ0v) is 25.4. The molecule has 1 aliphatic rings. The number of hydrogen-bond donors (Lipinski definition) is 5. The van der Waals surface area contributed by atoms with E-state index in [1.165, 1.54) is 24.3 Å². The fraction of sp³-hybridized carbons (Fsp3) is 0.269. The summed E-state index contributed by atoms with van der Waals surface area (Å²) in [6.07, 6.45) is -1.60. The average molecular weight is 769 g/mol. The predicted octanol–water partition coefficient (Wildman–Crippen LogP) is 2.12. The van der Waals surface area contributed by atoms with E-state index in [2.05, 4.69) is 76.1 Å². The van der Waals surface area contributed by atoms with Crippen LogP contribution >= 0.6 is 45.2 Å². The normalized spacial score (nSPS) is 20.4. The van der Waals surface area contributed by atoms with Crippen LogP contribution in [-0.2, 0) is 16.0 Å². The molecule has 0 aliphatic carbocycles. The van der Waals surface area contributed by atoms with Crippen LogP contribution in [0.15, 0.2) is 55.1 Å². The number of benzene rings is 2. The lowest BCUT2D eigenvalue weighted by Crippen LogP contribution is -2.41. The van der Waals surface area contributed by atoms with E-state index in [1.54, 1.807) is 0 Å². The number of carbonyl (C=O) groups is 2. The summed E-state index contributed by atoms with van der Waals surface area (Å²) in [4.78, 5) is 37.5. The van der Waals surface area contributed by atoms with E-state index >= 15 is 0 Å². The Morgan fingerprint density at radius 2 is 1.75 bits per heavy atom. The average Bonchev–Trinajstić information content (AvgIpc) is 3.50. The first kappa shape index (κ1) is 28.6. The van der Waals surface area contributed by atoms with Gasteiger partial charge in [0.05, 0.1) is 6.33 Å². The van der Waals surface area contributed by atoms with Crippen LogP contribution in [0, 0.1) is 7.14 Å². The Kier molecular flexibility index (Phi) is 8.79. The van der Waals surface area contributed by atoms with Crippen molar-refractivity contribution in [3.63, 3.8) is 0 Å². The number of amides is 2. The third-order valence-electron chi connectivity index (χ3n) is 6.42. The molecule has 14 heteroatoms. The molecule has 0 saturated carbocycles. The van der Waals surface area contributed by atoms with Gasteiger partial charge in [-0.15, -0.1) is 0 Å². The van der Waals surface area contributed by atoms with Gasteiger partial charge in [0, 0.05) is 32.0 Å². The van der Waals surface area contributed by atoms with Gasteiger partial charge in [-0.1, -0.05) is 12.1 Å². The monoisotopic (exact) mass is 769 g/mol. The standard InChI is InChI=1S/C26H25I2N7O5/c1-29-25(39)21-19(36)20(37)26(40-21)35-12-33-18-22(31-11-32-23(18)35)34-17-4-2-13(3-5-17)6-7-30-24(38)14-8-15(27)10-16(28)9-14/h2-5,8-12,19-21,26,36-37H,6-7H2,1H3,(H,29,39)(H,30,38)(H,31,32,34)/t19?,20?,21-,26+/m0/s1. The number of imidazole rings is 1. The van der Waals surface area contributed by atoms with Crippen molar-refractivity contribution < 1.29 is 24.5 Å². The maximum Gasteiger partial charge on any atom is 0.251 e. The van der Waals surface area contributed by atoms with Crippen LogP contribution in [0.3, 0.4) is 0 Å². The molecule has 5 rings (SSSR count). The summed E-state index contributed by atoms with van der Waals surface area (Å²) in [7, 11) is 1.42. The van der Waals surface area contributed by atoms with Crippen LogP contribution in [0.2, 0.25) is 0 Å². The summed E-state index contributed by atoms with van der Waals surface area (Å²) in [6.45, 7) is 0.502. The van der Waals surface area contributed by atoms with E-state index in [1.807, 2.05) is 42.5 Å². The van der Waals surface area contributed by atoms with Gasteiger partial charge in [-0.25, -0.2) is 15.0 Å². The smallest absolute Gasteiger partial charge is 0.251 e. The first-order valence-electron chi connectivity index (χ1n) is 12.3. The molecule has 1 fully saturated rings. The van der Waals surface area contributed by atoms with Crippen molar-refractivity contribution in [2.75, 3.05) is 18.9 Å².